The summed E-state index contributed by atoms with van der Waals surface area (Å²) in [4.78, 5) is 0. The maximum atomic E-state index is 7.90. The van der Waals surface area contributed by atoms with Crippen molar-refractivity contribution in [2.45, 2.75) is 19.3 Å². The van der Waals surface area contributed by atoms with Crippen molar-refractivity contribution in [1.29, 1.82) is 5.41 Å². The normalized spacial score (nSPS) is 24.8. The fraction of sp³-hybridized carbons (Fsp3) is 0.316. The van der Waals surface area contributed by atoms with Crippen LogP contribution in [0.4, 0.5) is 0 Å². The molecule has 0 aromatic heterocycles. The quantitative estimate of drug-likeness (QED) is 0.647. The zero-order valence-electron chi connectivity index (χ0n) is 14.9. The van der Waals surface area contributed by atoms with Crippen LogP contribution < -0.4 is 20.9 Å². The van der Waals surface area contributed by atoms with Crippen molar-refractivity contribution in [2.24, 2.45) is 16.9 Å². The smallest absolute Gasteiger partial charge is 0.195 e. The first-order valence-electron chi connectivity index (χ1n) is 8.13. The second kappa shape index (κ2) is 6.72. The molecule has 6 nitrogen and oxygen atoms in total. The number of allylic oxidation sites excluding steroid dienone is 4. The second-order valence-electron chi connectivity index (χ2n) is 6.57. The van der Waals surface area contributed by atoms with E-state index in [9.17, 15) is 0 Å². The van der Waals surface area contributed by atoms with Crippen molar-refractivity contribution in [3.05, 3.63) is 57.2 Å². The summed E-state index contributed by atoms with van der Waals surface area (Å²) in [5.41, 5.74) is 13.9. The van der Waals surface area contributed by atoms with Gasteiger partial charge in [0.05, 0.1) is 18.7 Å². The minimum atomic E-state index is -0.419. The number of rotatable bonds is 4. The monoisotopic (exact) mass is 419 g/mol. The third-order valence-electron chi connectivity index (χ3n) is 5.02. The SMILES string of the molecule is COc1cc(C2C(C=N)=C(N)OC3=CC(N)=CCC32C)cc(Br)c1OC. The summed E-state index contributed by atoms with van der Waals surface area (Å²) in [5, 5.41) is 7.90. The van der Waals surface area contributed by atoms with Gasteiger partial charge in [-0.25, -0.2) is 0 Å². The predicted molar refractivity (Wildman–Crippen MR) is 104 cm³/mol. The van der Waals surface area contributed by atoms with Gasteiger partial charge in [-0.15, -0.1) is 0 Å². The van der Waals surface area contributed by atoms with E-state index >= 15 is 0 Å². The molecule has 1 aliphatic heterocycles. The van der Waals surface area contributed by atoms with Crippen molar-refractivity contribution in [3.63, 3.8) is 0 Å². The molecule has 1 heterocycles. The van der Waals surface area contributed by atoms with Gasteiger partial charge in [0.2, 0.25) is 0 Å². The summed E-state index contributed by atoms with van der Waals surface area (Å²) >= 11 is 3.55. The molecule has 0 radical (unpaired) electrons. The molecular formula is C19H22BrN3O3. The highest BCUT2D eigenvalue weighted by molar-refractivity contribution is 9.10. The molecule has 1 aromatic rings. The van der Waals surface area contributed by atoms with Crippen LogP contribution in [-0.4, -0.2) is 20.4 Å². The van der Waals surface area contributed by atoms with Crippen LogP contribution in [0.5, 0.6) is 11.5 Å². The number of hydrogen-bond donors (Lipinski definition) is 3. The Morgan fingerprint density at radius 1 is 1.31 bits per heavy atom. The van der Waals surface area contributed by atoms with E-state index in [0.29, 0.717) is 34.9 Å². The number of methoxy groups -OCH3 is 2. The Kier molecular flexibility index (Phi) is 4.75. The Balaban J connectivity index is 2.24. The molecule has 26 heavy (non-hydrogen) atoms. The Hall–Kier alpha value is -2.41. The lowest BCUT2D eigenvalue weighted by Crippen LogP contribution is -2.38. The number of nitrogens with one attached hydrogen (secondary N) is 1. The maximum Gasteiger partial charge on any atom is 0.195 e. The summed E-state index contributed by atoms with van der Waals surface area (Å²) in [5.74, 6) is 1.95. The molecular weight excluding hydrogens is 398 g/mol. The van der Waals surface area contributed by atoms with Gasteiger partial charge in [0.1, 0.15) is 5.76 Å². The average molecular weight is 420 g/mol. The third kappa shape index (κ3) is 2.76. The van der Waals surface area contributed by atoms with E-state index in [1.54, 1.807) is 20.3 Å². The van der Waals surface area contributed by atoms with Crippen LogP contribution in [-0.2, 0) is 4.74 Å². The first-order chi connectivity index (χ1) is 12.3. The topological polar surface area (TPSA) is 104 Å². The molecule has 0 bridgehead atoms. The minimum Gasteiger partial charge on any atom is -0.493 e. The molecule has 138 valence electrons. The highest BCUT2D eigenvalue weighted by Crippen LogP contribution is 2.55. The predicted octanol–water partition coefficient (Wildman–Crippen LogP) is 3.54. The van der Waals surface area contributed by atoms with Crippen LogP contribution in [0.2, 0.25) is 0 Å². The Labute approximate surface area is 161 Å². The summed E-state index contributed by atoms with van der Waals surface area (Å²) in [6.07, 6.45) is 5.71. The lowest BCUT2D eigenvalue weighted by atomic mass is 9.64. The van der Waals surface area contributed by atoms with E-state index in [4.69, 9.17) is 31.1 Å². The van der Waals surface area contributed by atoms with Crippen molar-refractivity contribution in [1.82, 2.24) is 0 Å². The number of hydrogen-bond acceptors (Lipinski definition) is 6. The molecule has 0 spiro atoms. The average Bonchev–Trinajstić information content (AvgIpc) is 2.61. The van der Waals surface area contributed by atoms with Gasteiger partial charge in [0, 0.05) is 28.8 Å². The van der Waals surface area contributed by atoms with E-state index in [-0.39, 0.29) is 11.8 Å². The maximum absolute atomic E-state index is 7.90. The van der Waals surface area contributed by atoms with Gasteiger partial charge in [0.15, 0.2) is 17.4 Å². The van der Waals surface area contributed by atoms with Crippen molar-refractivity contribution in [2.75, 3.05) is 14.2 Å². The number of ether oxygens (including phenoxy) is 3. The van der Waals surface area contributed by atoms with E-state index in [0.717, 1.165) is 10.0 Å². The summed E-state index contributed by atoms with van der Waals surface area (Å²) in [7, 11) is 3.19. The molecule has 7 heteroatoms. The van der Waals surface area contributed by atoms with Crippen LogP contribution in [0.1, 0.15) is 24.8 Å². The number of nitrogens with two attached hydrogens (primary N) is 2. The molecule has 0 amide bonds. The van der Waals surface area contributed by atoms with E-state index < -0.39 is 5.41 Å². The highest BCUT2D eigenvalue weighted by Gasteiger charge is 2.47. The van der Waals surface area contributed by atoms with Gasteiger partial charge in [-0.3, -0.25) is 0 Å². The lowest BCUT2D eigenvalue weighted by molar-refractivity contribution is 0.142. The number of halogens is 1. The third-order valence-corrected chi connectivity index (χ3v) is 5.61. The molecule has 3 rings (SSSR count). The molecule has 0 saturated carbocycles. The van der Waals surface area contributed by atoms with Crippen LogP contribution in [0, 0.1) is 10.8 Å². The number of fused-ring (bicyclic) bond motifs is 1. The van der Waals surface area contributed by atoms with Crippen LogP contribution >= 0.6 is 15.9 Å². The minimum absolute atomic E-state index is 0.194. The van der Waals surface area contributed by atoms with Gasteiger partial charge in [-0.05, 0) is 46.1 Å². The van der Waals surface area contributed by atoms with E-state index in [1.807, 2.05) is 18.2 Å². The molecule has 1 aromatic carbocycles. The highest BCUT2D eigenvalue weighted by atomic mass is 79.9. The van der Waals surface area contributed by atoms with Gasteiger partial charge < -0.3 is 31.1 Å². The first kappa shape index (κ1) is 18.4. The van der Waals surface area contributed by atoms with E-state index in [2.05, 4.69) is 22.9 Å². The Morgan fingerprint density at radius 3 is 2.65 bits per heavy atom. The van der Waals surface area contributed by atoms with Crippen LogP contribution in [0.3, 0.4) is 0 Å². The molecule has 5 N–H and O–H groups in total. The van der Waals surface area contributed by atoms with Crippen LogP contribution in [0.15, 0.2) is 51.7 Å². The summed E-state index contributed by atoms with van der Waals surface area (Å²) in [6.45, 7) is 2.09. The zero-order valence-corrected chi connectivity index (χ0v) is 16.5. The Bertz CT molecular complexity index is 860. The molecule has 2 aliphatic rings. The largest absolute Gasteiger partial charge is 0.493 e. The first-order valence-corrected chi connectivity index (χ1v) is 8.92. The van der Waals surface area contributed by atoms with Crippen molar-refractivity contribution >= 4 is 22.1 Å². The van der Waals surface area contributed by atoms with Gasteiger partial charge >= 0.3 is 0 Å². The van der Waals surface area contributed by atoms with Crippen molar-refractivity contribution in [3.8, 4) is 11.5 Å². The van der Waals surface area contributed by atoms with Gasteiger partial charge in [-0.2, -0.15) is 0 Å². The van der Waals surface area contributed by atoms with Gasteiger partial charge in [0.25, 0.3) is 0 Å². The molecule has 0 saturated heterocycles. The molecule has 0 fully saturated rings. The Morgan fingerprint density at radius 2 is 2.04 bits per heavy atom. The fourth-order valence-electron chi connectivity index (χ4n) is 3.68. The summed E-state index contributed by atoms with van der Waals surface area (Å²) < 4.78 is 17.5. The standard InChI is InChI=1S/C19H22BrN3O3/c1-19-5-4-11(22)8-15(19)26-18(23)12(9-21)16(19)10-6-13(20)17(25-3)14(7-10)24-2/h4,6-9,16,21H,5,22-23H2,1-3H3. The van der Waals surface area contributed by atoms with Crippen molar-refractivity contribution < 1.29 is 14.2 Å². The summed E-state index contributed by atoms with van der Waals surface area (Å²) in [6, 6.07) is 3.89. The number of benzene rings is 1. The molecule has 2 atom stereocenters. The van der Waals surface area contributed by atoms with Crippen LogP contribution in [0.25, 0.3) is 0 Å². The van der Waals surface area contributed by atoms with E-state index in [1.165, 1.54) is 6.21 Å². The fourth-order valence-corrected chi connectivity index (χ4v) is 4.30. The zero-order chi connectivity index (χ0) is 19.1. The van der Waals surface area contributed by atoms with Gasteiger partial charge in [-0.1, -0.05) is 13.0 Å². The molecule has 2 unspecified atom stereocenters. The molecule has 1 aliphatic carbocycles. The second-order valence-corrected chi connectivity index (χ2v) is 7.43. The lowest BCUT2D eigenvalue weighted by Gasteiger charge is -2.44.